The average molecular weight is 1110 g/mol. The predicted octanol–water partition coefficient (Wildman–Crippen LogP) is -2.89. The molecule has 4 heterocycles. The molecule has 2 unspecified atom stereocenters. The van der Waals surface area contributed by atoms with Crippen LogP contribution >= 0.6 is 0 Å². The van der Waals surface area contributed by atoms with Gasteiger partial charge in [0.25, 0.3) is 0 Å². The highest BCUT2D eigenvalue weighted by Gasteiger charge is 2.71. The third kappa shape index (κ3) is 9.50. The molecule has 4 saturated carbocycles. The lowest BCUT2D eigenvalue weighted by atomic mass is 9.33. The molecule has 24 nitrogen and oxygen atoms in total. The normalized spacial score (nSPS) is 55.7. The minimum absolute atomic E-state index is 0.0901. The van der Waals surface area contributed by atoms with E-state index < -0.39 is 176 Å². The molecule has 442 valence electrons. The second-order valence-corrected chi connectivity index (χ2v) is 26.0. The van der Waals surface area contributed by atoms with E-state index in [-0.39, 0.29) is 41.8 Å². The predicted molar refractivity (Wildman–Crippen MR) is 260 cm³/mol. The van der Waals surface area contributed by atoms with Crippen molar-refractivity contribution in [2.75, 3.05) is 26.4 Å². The Morgan fingerprint density at radius 1 is 0.597 bits per heavy atom. The Morgan fingerprint density at radius 3 is 1.77 bits per heavy atom. The summed E-state index contributed by atoms with van der Waals surface area (Å²) in [6.45, 7) is 12.8. The van der Waals surface area contributed by atoms with Gasteiger partial charge in [-0.05, 0) is 90.8 Å². The summed E-state index contributed by atoms with van der Waals surface area (Å²) in [4.78, 5) is 12.4. The lowest BCUT2D eigenvalue weighted by Gasteiger charge is -2.72. The summed E-state index contributed by atoms with van der Waals surface area (Å²) in [7, 11) is 0. The average Bonchev–Trinajstić information content (AvgIpc) is 3.45. The highest BCUT2D eigenvalue weighted by Crippen LogP contribution is 2.76. The Hall–Kier alpha value is -1.67. The molecule has 0 aromatic carbocycles. The van der Waals surface area contributed by atoms with E-state index in [0.717, 1.165) is 6.42 Å². The number of aliphatic hydroxyl groups excluding tert-OH is 14. The molecule has 24 heteroatoms. The quantitative estimate of drug-likeness (QED) is 0.0689. The van der Waals surface area contributed by atoms with E-state index >= 15 is 0 Å². The first-order chi connectivity index (χ1) is 36.0. The van der Waals surface area contributed by atoms with Crippen LogP contribution in [0, 0.1) is 50.2 Å². The third-order valence-corrected chi connectivity index (χ3v) is 21.5. The van der Waals surface area contributed by atoms with Crippen molar-refractivity contribution >= 4 is 5.97 Å². The number of hydrogen-bond donors (Lipinski definition) is 15. The summed E-state index contributed by atoms with van der Waals surface area (Å²) in [5, 5.41) is 162. The van der Waals surface area contributed by atoms with Crippen LogP contribution in [0.2, 0.25) is 0 Å². The summed E-state index contributed by atoms with van der Waals surface area (Å²) in [5.74, 6) is -1.79. The van der Waals surface area contributed by atoms with Crippen molar-refractivity contribution in [3.63, 3.8) is 0 Å². The molecule has 9 rings (SSSR count). The van der Waals surface area contributed by atoms with E-state index in [1.165, 1.54) is 5.57 Å². The Kier molecular flexibility index (Phi) is 16.7. The van der Waals surface area contributed by atoms with Crippen LogP contribution in [0.5, 0.6) is 0 Å². The number of ether oxygens (including phenoxy) is 8. The molecular formula is C53H86O24. The number of aliphatic hydroxyl groups is 14. The number of rotatable bonds is 12. The van der Waals surface area contributed by atoms with Gasteiger partial charge in [-0.15, -0.1) is 0 Å². The van der Waals surface area contributed by atoms with Crippen LogP contribution in [0.4, 0.5) is 0 Å². The molecule has 4 aliphatic heterocycles. The zero-order valence-electron chi connectivity index (χ0n) is 44.9. The molecule has 0 aromatic rings. The van der Waals surface area contributed by atoms with Gasteiger partial charge < -0.3 is 114 Å². The van der Waals surface area contributed by atoms with Gasteiger partial charge in [0.15, 0.2) is 31.3 Å². The van der Waals surface area contributed by atoms with Gasteiger partial charge in [0.05, 0.1) is 44.7 Å². The molecule has 9 aliphatic rings. The zero-order valence-corrected chi connectivity index (χ0v) is 44.9. The molecule has 30 atom stereocenters. The zero-order chi connectivity index (χ0) is 56.4. The van der Waals surface area contributed by atoms with Crippen LogP contribution in [0.1, 0.15) is 99.8 Å². The number of carboxylic acid groups (broad SMARTS) is 1. The minimum Gasteiger partial charge on any atom is -0.479 e. The fraction of sp³-hybridized carbons (Fsp3) is 0.943. The van der Waals surface area contributed by atoms with Crippen molar-refractivity contribution in [2.45, 2.75) is 235 Å². The number of allylic oxidation sites excluding steroid dienone is 2. The van der Waals surface area contributed by atoms with Crippen molar-refractivity contribution in [2.24, 2.45) is 50.2 Å². The molecule has 77 heavy (non-hydrogen) atoms. The first-order valence-electron chi connectivity index (χ1n) is 27.4. The summed E-state index contributed by atoms with van der Waals surface area (Å²) in [6.07, 6.45) is -27.7. The molecule has 8 fully saturated rings. The van der Waals surface area contributed by atoms with Gasteiger partial charge in [0.1, 0.15) is 85.5 Å². The molecule has 0 radical (unpaired) electrons. The summed E-state index contributed by atoms with van der Waals surface area (Å²) < 4.78 is 48.0. The van der Waals surface area contributed by atoms with E-state index in [0.29, 0.717) is 44.9 Å². The Balaban J connectivity index is 0.955. The smallest absolute Gasteiger partial charge is 0.335 e. The molecular weight excluding hydrogens is 1020 g/mol. The maximum absolute atomic E-state index is 12.4. The van der Waals surface area contributed by atoms with E-state index in [2.05, 4.69) is 33.8 Å². The van der Waals surface area contributed by atoms with Crippen molar-refractivity contribution < 1.29 is 119 Å². The first-order valence-corrected chi connectivity index (χ1v) is 27.4. The van der Waals surface area contributed by atoms with Gasteiger partial charge in [-0.1, -0.05) is 60.1 Å². The van der Waals surface area contributed by atoms with Gasteiger partial charge in [-0.2, -0.15) is 0 Å². The molecule has 0 spiro atoms. The molecule has 0 amide bonds. The number of fused-ring (bicyclic) bond motifs is 7. The fourth-order valence-corrected chi connectivity index (χ4v) is 16.4. The monoisotopic (exact) mass is 1110 g/mol. The van der Waals surface area contributed by atoms with Gasteiger partial charge in [-0.3, -0.25) is 0 Å². The fourth-order valence-electron chi connectivity index (χ4n) is 16.4. The lowest BCUT2D eigenvalue weighted by Crippen LogP contribution is -2.69. The largest absolute Gasteiger partial charge is 0.479 e. The number of carbonyl (C=O) groups is 1. The third-order valence-electron chi connectivity index (χ3n) is 21.5. The number of carboxylic acids is 1. The van der Waals surface area contributed by atoms with Crippen LogP contribution in [0.25, 0.3) is 0 Å². The summed E-state index contributed by atoms with van der Waals surface area (Å²) in [5.41, 5.74) is -2.17. The topological polar surface area (TPSA) is 394 Å². The van der Waals surface area contributed by atoms with Gasteiger partial charge in [0.2, 0.25) is 0 Å². The summed E-state index contributed by atoms with van der Waals surface area (Å²) >= 11 is 0. The minimum atomic E-state index is -2.04. The van der Waals surface area contributed by atoms with Crippen LogP contribution in [0.3, 0.4) is 0 Å². The molecule has 0 bridgehead atoms. The van der Waals surface area contributed by atoms with Crippen molar-refractivity contribution in [1.29, 1.82) is 0 Å². The van der Waals surface area contributed by atoms with Crippen molar-refractivity contribution in [3.05, 3.63) is 11.6 Å². The van der Waals surface area contributed by atoms with Crippen LogP contribution < -0.4 is 0 Å². The van der Waals surface area contributed by atoms with E-state index in [4.69, 9.17) is 37.9 Å². The Morgan fingerprint density at radius 2 is 1.19 bits per heavy atom. The lowest BCUT2D eigenvalue weighted by molar-refractivity contribution is -0.375. The van der Waals surface area contributed by atoms with Gasteiger partial charge in [0, 0.05) is 10.8 Å². The highest BCUT2D eigenvalue weighted by molar-refractivity contribution is 5.73. The first kappa shape index (κ1) is 59.9. The second-order valence-electron chi connectivity index (χ2n) is 26.0. The van der Waals surface area contributed by atoms with Crippen LogP contribution in [-0.2, 0) is 42.7 Å². The summed E-state index contributed by atoms with van der Waals surface area (Å²) in [6, 6.07) is 0. The van der Waals surface area contributed by atoms with Crippen molar-refractivity contribution in [3.8, 4) is 0 Å². The van der Waals surface area contributed by atoms with Crippen LogP contribution in [-0.4, -0.2) is 244 Å². The Bertz CT molecular complexity index is 2130. The molecule has 4 saturated heterocycles. The molecule has 0 aromatic heterocycles. The van der Waals surface area contributed by atoms with E-state index in [1.54, 1.807) is 0 Å². The van der Waals surface area contributed by atoms with Crippen LogP contribution in [0.15, 0.2) is 11.6 Å². The SMILES string of the molecule is CC1(C)C[C@H]2C3=CCC4[C@@]5(C)CC[C@H](O[C@@H]6O[C@H](C(=O)O)[C@@H](O)[C@H](O)[C@H]6O[C@@H]6O[C@H](CO)[C@H](O)[C@H](O)[C@H]6O)[C@](C)(CO)C5CC[C@@]4(C)[C@]3(C)CC[C@@]2(C)[C@H](O[C@@H]2OC[C@H](O)[C@H](O[C@@H]3O[C@H](CO)[C@@H](O)[C@H](O)[C@H]3O)[C@H]2O)[C@@H]1O. The van der Waals surface area contributed by atoms with Gasteiger partial charge in [-0.25, -0.2) is 4.79 Å². The maximum atomic E-state index is 12.4. The van der Waals surface area contributed by atoms with Gasteiger partial charge >= 0.3 is 5.97 Å². The van der Waals surface area contributed by atoms with Crippen molar-refractivity contribution in [1.82, 2.24) is 0 Å². The molecule has 5 aliphatic carbocycles. The Labute approximate surface area is 447 Å². The highest BCUT2D eigenvalue weighted by atomic mass is 16.8. The number of aliphatic carboxylic acids is 1. The second kappa shape index (κ2) is 21.5. The number of hydrogen-bond acceptors (Lipinski definition) is 23. The van der Waals surface area contributed by atoms with E-state index in [9.17, 15) is 81.4 Å². The standard InChI is InChI=1S/C53H86O24/c1-48(2)16-22-21-8-9-27-50(4)12-11-28(73-47-40(34(63)33(62)39(75-47)43(68)69)76-46-36(65)32(61)30(59)25(18-55)72-46)51(5,20-56)26(50)10-13-53(27,7)52(21,6)15-14-49(22,3)42(41(48)67)77-44-37(66)38(23(57)19-70-44)74-45-35(64)31(60)29(58)24(17-54)71-45/h8,22-42,44-47,54-67H,9-20H2,1-7H3,(H,68,69)/t22-,23-,24+,25+,26?,27?,28-,29+,30-,31-,32-,33-,34-,35+,36+,37+,38-,39-,40+,41-,42+,44-,45-,46-,47+,49+,50-,51+,52+,53+/m0/s1. The van der Waals surface area contributed by atoms with E-state index in [1.807, 2.05) is 20.8 Å². The molecule has 15 N–H and O–H groups in total. The maximum Gasteiger partial charge on any atom is 0.335 e.